The molecule has 1 heterocycles. The number of aromatic nitrogens is 3. The van der Waals surface area contributed by atoms with E-state index in [-0.39, 0.29) is 55.5 Å². The molecule has 17 heavy (non-hydrogen) atoms. The largest absolute Gasteiger partial charge is 1.00 e. The third-order valence-electron chi connectivity index (χ3n) is 1.33. The maximum Gasteiger partial charge on any atom is 1.00 e. The number of carbonyl (C=O) groups is 1. The molecule has 0 aliphatic carbocycles. The summed E-state index contributed by atoms with van der Waals surface area (Å²) >= 11 is 0. The molecule has 1 rings (SSSR count). The maximum atomic E-state index is 10.8. The average molecular weight is 226 g/mol. The van der Waals surface area contributed by atoms with Crippen LogP contribution in [0, 0.1) is 0 Å². The van der Waals surface area contributed by atoms with E-state index in [9.17, 15) is 9.90 Å². The summed E-state index contributed by atoms with van der Waals surface area (Å²) < 4.78 is 8.98. The van der Waals surface area contributed by atoms with Crippen molar-refractivity contribution in [3.05, 3.63) is 11.1 Å². The molecule has 0 saturated heterocycles. The van der Waals surface area contributed by atoms with Crippen molar-refractivity contribution in [3.63, 3.8) is 0 Å². The van der Waals surface area contributed by atoms with Crippen molar-refractivity contribution in [2.75, 3.05) is 14.2 Å². The summed E-state index contributed by atoms with van der Waals surface area (Å²) in [7, 11) is 2.49. The Morgan fingerprint density at radius 3 is 2.41 bits per heavy atom. The first-order valence-electron chi connectivity index (χ1n) is 3.86. The van der Waals surface area contributed by atoms with E-state index >= 15 is 0 Å². The Morgan fingerprint density at radius 1 is 1.29 bits per heavy atom. The van der Waals surface area contributed by atoms with Crippen molar-refractivity contribution in [3.8, 4) is 6.01 Å². The number of methoxy groups -OCH3 is 2. The molecule has 0 aromatic carbocycles. The van der Waals surface area contributed by atoms with Crippen LogP contribution in [0.4, 0.5) is 10.7 Å². The molecule has 0 N–H and O–H groups in total. The van der Waals surface area contributed by atoms with E-state index in [2.05, 4.69) is 25.0 Å². The van der Waals surface area contributed by atoms with Gasteiger partial charge in [-0.25, -0.2) is 9.78 Å². The number of hydrogen-bond donors (Lipinski definition) is 0. The van der Waals surface area contributed by atoms with Gasteiger partial charge in [-0.2, -0.15) is 0 Å². The van der Waals surface area contributed by atoms with Gasteiger partial charge in [0.15, 0.2) is 0 Å². The van der Waals surface area contributed by atoms with Crippen LogP contribution in [0.1, 0.15) is 5.82 Å². The fourth-order valence-corrected chi connectivity index (χ4v) is 0.720. The summed E-state index contributed by atoms with van der Waals surface area (Å²) in [4.78, 5) is 21.6. The molecule has 1 amide bonds. The van der Waals surface area contributed by atoms with E-state index in [1.54, 1.807) is 0 Å². The second kappa shape index (κ2) is 9.28. The molecule has 0 atom stereocenters. The van der Waals surface area contributed by atoms with E-state index in [0.29, 0.717) is 0 Å². The summed E-state index contributed by atoms with van der Waals surface area (Å²) in [6.07, 6.45) is -0.861. The fraction of sp³-hybridized carbons (Fsp3) is 0.429. The molecule has 0 aliphatic rings. The number of amides is 1. The third-order valence-corrected chi connectivity index (χ3v) is 1.33. The Kier molecular flexibility index (Phi) is 10.2. The van der Waals surface area contributed by atoms with Gasteiger partial charge in [0.2, 0.25) is 6.01 Å². The summed E-state index contributed by atoms with van der Waals surface area (Å²) in [5.74, 6) is -0.260. The van der Waals surface area contributed by atoms with Crippen molar-refractivity contribution in [2.45, 2.75) is 6.61 Å². The van der Waals surface area contributed by atoms with Gasteiger partial charge in [-0.1, -0.05) is 6.61 Å². The zero-order valence-corrected chi connectivity index (χ0v) is 10.1. The summed E-state index contributed by atoms with van der Waals surface area (Å²) in [6, 6.07) is -0.0708. The summed E-state index contributed by atoms with van der Waals surface area (Å²) in [6.45, 7) is -0.650. The molecular formula is C7H8Li2N4O4. The van der Waals surface area contributed by atoms with Crippen molar-refractivity contribution in [1.29, 1.82) is 0 Å². The van der Waals surface area contributed by atoms with E-state index in [0.717, 1.165) is 0 Å². The van der Waals surface area contributed by atoms with Gasteiger partial charge in [-0.3, -0.25) is 5.32 Å². The second-order valence-corrected chi connectivity index (χ2v) is 2.26. The number of rotatable bonds is 3. The van der Waals surface area contributed by atoms with E-state index in [1.165, 1.54) is 14.2 Å². The second-order valence-electron chi connectivity index (χ2n) is 2.26. The zero-order valence-electron chi connectivity index (χ0n) is 10.1. The molecule has 0 aliphatic heterocycles. The molecule has 0 unspecified atom stereocenters. The van der Waals surface area contributed by atoms with E-state index < -0.39 is 12.7 Å². The van der Waals surface area contributed by atoms with Crippen LogP contribution in [-0.4, -0.2) is 35.3 Å². The van der Waals surface area contributed by atoms with Gasteiger partial charge in [0.05, 0.1) is 14.2 Å². The topological polar surface area (TPSA) is 111 Å². The fourth-order valence-electron chi connectivity index (χ4n) is 0.720. The van der Waals surface area contributed by atoms with Crippen LogP contribution in [0.2, 0.25) is 0 Å². The normalized spacial score (nSPS) is 8.41. The van der Waals surface area contributed by atoms with Gasteiger partial charge in [0, 0.05) is 11.8 Å². The minimum absolute atomic E-state index is 0. The molecule has 0 spiro atoms. The first kappa shape index (κ1) is 18.6. The predicted molar refractivity (Wildman–Crippen MR) is 45.5 cm³/mol. The smallest absolute Gasteiger partial charge is 0.850 e. The van der Waals surface area contributed by atoms with Gasteiger partial charge < -0.3 is 24.5 Å². The van der Waals surface area contributed by atoms with Gasteiger partial charge >= 0.3 is 43.8 Å². The molecule has 8 nitrogen and oxygen atoms in total. The van der Waals surface area contributed by atoms with E-state index in [4.69, 9.17) is 4.74 Å². The maximum absolute atomic E-state index is 10.8. The number of carbonyl (C=O) groups excluding carboxylic acids is 1. The molecule has 1 aromatic rings. The number of ether oxygens (including phenoxy) is 2. The SMILES string of the molecule is COC(=O)[N-]c1nc(C[O-])nc(OC)n1.[Li+].[Li+]. The molecule has 1 aromatic heterocycles. The summed E-state index contributed by atoms with van der Waals surface area (Å²) in [5, 5.41) is 13.9. The van der Waals surface area contributed by atoms with Crippen molar-refractivity contribution in [2.24, 2.45) is 0 Å². The first-order valence-corrected chi connectivity index (χ1v) is 3.86. The molecule has 0 bridgehead atoms. The summed E-state index contributed by atoms with van der Waals surface area (Å²) in [5.41, 5.74) is 0. The van der Waals surface area contributed by atoms with Crippen LogP contribution >= 0.6 is 0 Å². The average Bonchev–Trinajstić information content (AvgIpc) is 2.28. The predicted octanol–water partition coefficient (Wildman–Crippen LogP) is -6.48. The van der Waals surface area contributed by atoms with Crippen LogP contribution in [0.5, 0.6) is 6.01 Å². The molecular weight excluding hydrogens is 218 g/mol. The Labute approximate surface area is 122 Å². The van der Waals surface area contributed by atoms with Crippen LogP contribution < -0.4 is 47.6 Å². The van der Waals surface area contributed by atoms with E-state index in [1.807, 2.05) is 0 Å². The third kappa shape index (κ3) is 5.92. The number of nitrogens with zero attached hydrogens (tertiary/aromatic N) is 4. The van der Waals surface area contributed by atoms with Gasteiger partial charge in [-0.05, 0) is 0 Å². The Bertz CT molecular complexity index is 343. The van der Waals surface area contributed by atoms with Crippen molar-refractivity contribution in [1.82, 2.24) is 15.0 Å². The molecule has 0 saturated carbocycles. The quantitative estimate of drug-likeness (QED) is 0.471. The van der Waals surface area contributed by atoms with Crippen LogP contribution in [0.25, 0.3) is 5.32 Å². The Morgan fingerprint density at radius 2 is 1.94 bits per heavy atom. The Hall–Kier alpha value is -0.765. The van der Waals surface area contributed by atoms with Gasteiger partial charge in [-0.15, -0.1) is 0 Å². The zero-order chi connectivity index (χ0) is 11.3. The molecule has 0 radical (unpaired) electrons. The van der Waals surface area contributed by atoms with Crippen molar-refractivity contribution < 1.29 is 57.1 Å². The standard InChI is InChI=1S/C7H9N4O4.2Li/c1-14-6-9-4(3-12)8-5(10-6)11-7(13)15-2;;/h3H2,1-2H3,(H,8,9,10,11,13);;/q-1;2*+1/p-1. The minimum atomic E-state index is -0.861. The molecule has 10 heteroatoms. The molecule has 0 fully saturated rings. The van der Waals surface area contributed by atoms with Crippen LogP contribution in [0.3, 0.4) is 0 Å². The minimum Gasteiger partial charge on any atom is -0.850 e. The van der Waals surface area contributed by atoms with Crippen LogP contribution in [0.15, 0.2) is 0 Å². The number of hydrogen-bond acceptors (Lipinski definition) is 7. The molecule has 82 valence electrons. The van der Waals surface area contributed by atoms with Crippen LogP contribution in [-0.2, 0) is 11.3 Å². The van der Waals surface area contributed by atoms with Gasteiger partial charge in [0.1, 0.15) is 0 Å². The van der Waals surface area contributed by atoms with Crippen molar-refractivity contribution >= 4 is 12.0 Å². The first-order chi connectivity index (χ1) is 7.19. The monoisotopic (exact) mass is 226 g/mol. The van der Waals surface area contributed by atoms with Gasteiger partial charge in [0.25, 0.3) is 0 Å². The Balaban J connectivity index is 0.